The van der Waals surface area contributed by atoms with E-state index in [-0.39, 0.29) is 11.7 Å². The summed E-state index contributed by atoms with van der Waals surface area (Å²) >= 11 is 6.32. The molecule has 1 N–H and O–H groups in total. The van der Waals surface area contributed by atoms with Crippen LogP contribution >= 0.6 is 11.6 Å². The molecule has 0 bridgehead atoms. The molecule has 4 rings (SSSR count). The van der Waals surface area contributed by atoms with Crippen molar-refractivity contribution in [1.82, 2.24) is 4.98 Å². The zero-order valence-corrected chi connectivity index (χ0v) is 17.9. The standard InChI is InChI=1S/C22H20ClN3O3S/c1-15-3-10-21(24-14-15)19-13-17(6-9-20(19)23)25-22(27)16-4-7-18(8-5-16)26-11-2-12-30(26,28)29/h3-10,13-14H,2,11-12H2,1H3,(H,25,27). The van der Waals surface area contributed by atoms with E-state index in [0.717, 1.165) is 16.8 Å². The zero-order chi connectivity index (χ0) is 21.3. The summed E-state index contributed by atoms with van der Waals surface area (Å²) in [6.45, 7) is 2.42. The second-order valence-electron chi connectivity index (χ2n) is 7.16. The molecule has 1 amide bonds. The Kier molecular flexibility index (Phi) is 5.49. The highest BCUT2D eigenvalue weighted by Gasteiger charge is 2.28. The topological polar surface area (TPSA) is 79.4 Å². The Morgan fingerprint density at radius 3 is 2.50 bits per heavy atom. The van der Waals surface area contributed by atoms with Gasteiger partial charge in [0, 0.05) is 29.6 Å². The Morgan fingerprint density at radius 2 is 1.87 bits per heavy atom. The van der Waals surface area contributed by atoms with Crippen LogP contribution in [0.2, 0.25) is 5.02 Å². The second-order valence-corrected chi connectivity index (χ2v) is 9.58. The molecule has 1 aromatic heterocycles. The molecule has 6 nitrogen and oxygen atoms in total. The van der Waals surface area contributed by atoms with Gasteiger partial charge in [-0.15, -0.1) is 0 Å². The number of hydrogen-bond acceptors (Lipinski definition) is 4. The maximum absolute atomic E-state index is 12.7. The summed E-state index contributed by atoms with van der Waals surface area (Å²) in [6, 6.07) is 15.6. The molecule has 154 valence electrons. The monoisotopic (exact) mass is 441 g/mol. The van der Waals surface area contributed by atoms with Gasteiger partial charge < -0.3 is 5.32 Å². The Bertz CT molecular complexity index is 1190. The second kappa shape index (κ2) is 8.08. The van der Waals surface area contributed by atoms with Crippen molar-refractivity contribution < 1.29 is 13.2 Å². The molecule has 0 spiro atoms. The Balaban J connectivity index is 1.53. The van der Waals surface area contributed by atoms with E-state index in [2.05, 4.69) is 10.3 Å². The molecule has 2 aromatic carbocycles. The van der Waals surface area contributed by atoms with E-state index < -0.39 is 10.0 Å². The summed E-state index contributed by atoms with van der Waals surface area (Å²) in [4.78, 5) is 17.1. The molecule has 0 radical (unpaired) electrons. The molecule has 1 fully saturated rings. The third-order valence-electron chi connectivity index (χ3n) is 4.93. The number of benzene rings is 2. The summed E-state index contributed by atoms with van der Waals surface area (Å²) in [5.74, 6) is -0.139. The van der Waals surface area contributed by atoms with Crippen molar-refractivity contribution in [3.8, 4) is 11.3 Å². The number of halogens is 1. The van der Waals surface area contributed by atoms with Gasteiger partial charge in [0.25, 0.3) is 5.91 Å². The lowest BCUT2D eigenvalue weighted by molar-refractivity contribution is 0.102. The molecule has 8 heteroatoms. The summed E-state index contributed by atoms with van der Waals surface area (Å²) in [5.41, 5.74) is 4.09. The number of carbonyl (C=O) groups excluding carboxylic acids is 1. The van der Waals surface area contributed by atoms with Gasteiger partial charge in [-0.05, 0) is 67.4 Å². The molecule has 1 aliphatic heterocycles. The van der Waals surface area contributed by atoms with Crippen LogP contribution < -0.4 is 9.62 Å². The highest BCUT2D eigenvalue weighted by atomic mass is 35.5. The normalized spacial score (nSPS) is 15.2. The zero-order valence-electron chi connectivity index (χ0n) is 16.3. The molecule has 2 heterocycles. The predicted octanol–water partition coefficient (Wildman–Crippen LogP) is 4.50. The number of anilines is 2. The molecule has 3 aromatic rings. The van der Waals surface area contributed by atoms with E-state index in [4.69, 9.17) is 11.6 Å². The fraction of sp³-hybridized carbons (Fsp3) is 0.182. The Labute approximate surface area is 180 Å². The predicted molar refractivity (Wildman–Crippen MR) is 120 cm³/mol. The van der Waals surface area contributed by atoms with Crippen molar-refractivity contribution in [3.05, 3.63) is 76.9 Å². The summed E-state index contributed by atoms with van der Waals surface area (Å²) in [6.07, 6.45) is 2.37. The van der Waals surface area contributed by atoms with Crippen molar-refractivity contribution in [1.29, 1.82) is 0 Å². The van der Waals surface area contributed by atoms with Crippen molar-refractivity contribution in [3.63, 3.8) is 0 Å². The fourth-order valence-corrected chi connectivity index (χ4v) is 5.12. The first-order valence-corrected chi connectivity index (χ1v) is 11.5. The molecule has 30 heavy (non-hydrogen) atoms. The largest absolute Gasteiger partial charge is 0.322 e. The Morgan fingerprint density at radius 1 is 1.10 bits per heavy atom. The first-order valence-electron chi connectivity index (χ1n) is 9.48. The van der Waals surface area contributed by atoms with E-state index in [1.807, 2.05) is 19.1 Å². The van der Waals surface area contributed by atoms with Crippen LogP contribution in [0.25, 0.3) is 11.3 Å². The minimum absolute atomic E-state index is 0.157. The summed E-state index contributed by atoms with van der Waals surface area (Å²) < 4.78 is 25.5. The number of pyridine rings is 1. The summed E-state index contributed by atoms with van der Waals surface area (Å²) in [5, 5.41) is 3.40. The van der Waals surface area contributed by atoms with Crippen LogP contribution in [0.1, 0.15) is 22.3 Å². The van der Waals surface area contributed by atoms with Gasteiger partial charge >= 0.3 is 0 Å². The first kappa shape index (κ1) is 20.4. The number of hydrogen-bond donors (Lipinski definition) is 1. The smallest absolute Gasteiger partial charge is 0.255 e. The van der Waals surface area contributed by atoms with Crippen LogP contribution in [0.4, 0.5) is 11.4 Å². The number of amides is 1. The van der Waals surface area contributed by atoms with Crippen molar-refractivity contribution in [2.45, 2.75) is 13.3 Å². The van der Waals surface area contributed by atoms with E-state index in [9.17, 15) is 13.2 Å². The van der Waals surface area contributed by atoms with Gasteiger partial charge in [-0.3, -0.25) is 14.1 Å². The van der Waals surface area contributed by atoms with E-state index in [0.29, 0.717) is 34.9 Å². The average Bonchev–Trinajstić information content (AvgIpc) is 3.09. The van der Waals surface area contributed by atoms with Gasteiger partial charge in [0.05, 0.1) is 22.2 Å². The van der Waals surface area contributed by atoms with Crippen LogP contribution in [0.15, 0.2) is 60.8 Å². The SMILES string of the molecule is Cc1ccc(-c2cc(NC(=O)c3ccc(N4CCCS4(=O)=O)cc3)ccc2Cl)nc1. The van der Waals surface area contributed by atoms with Crippen LogP contribution in [0, 0.1) is 6.92 Å². The molecule has 0 atom stereocenters. The van der Waals surface area contributed by atoms with Gasteiger partial charge in [0.15, 0.2) is 0 Å². The molecule has 0 unspecified atom stereocenters. The number of nitrogens with zero attached hydrogens (tertiary/aromatic N) is 2. The quantitative estimate of drug-likeness (QED) is 0.646. The molecule has 0 saturated carbocycles. The lowest BCUT2D eigenvalue weighted by atomic mass is 10.1. The van der Waals surface area contributed by atoms with Gasteiger partial charge in [-0.25, -0.2) is 8.42 Å². The number of aryl methyl sites for hydroxylation is 1. The maximum Gasteiger partial charge on any atom is 0.255 e. The van der Waals surface area contributed by atoms with Crippen LogP contribution in [-0.4, -0.2) is 31.6 Å². The maximum atomic E-state index is 12.7. The molecule has 1 aliphatic rings. The third kappa shape index (κ3) is 4.17. The highest BCUT2D eigenvalue weighted by molar-refractivity contribution is 7.93. The van der Waals surface area contributed by atoms with Crippen LogP contribution in [-0.2, 0) is 10.0 Å². The van der Waals surface area contributed by atoms with Gasteiger partial charge in [-0.1, -0.05) is 17.7 Å². The molecular weight excluding hydrogens is 422 g/mol. The van der Waals surface area contributed by atoms with Crippen LogP contribution in [0.3, 0.4) is 0 Å². The first-order chi connectivity index (χ1) is 14.3. The van der Waals surface area contributed by atoms with Crippen molar-refractivity contribution in [2.75, 3.05) is 21.9 Å². The third-order valence-corrected chi connectivity index (χ3v) is 7.13. The highest BCUT2D eigenvalue weighted by Crippen LogP contribution is 2.30. The van der Waals surface area contributed by atoms with Crippen LogP contribution in [0.5, 0.6) is 0 Å². The number of rotatable bonds is 4. The lowest BCUT2D eigenvalue weighted by Gasteiger charge is -2.17. The number of aromatic nitrogens is 1. The van der Waals surface area contributed by atoms with Gasteiger partial charge in [-0.2, -0.15) is 0 Å². The minimum Gasteiger partial charge on any atom is -0.322 e. The number of nitrogens with one attached hydrogen (secondary N) is 1. The number of carbonyl (C=O) groups is 1. The van der Waals surface area contributed by atoms with Crippen molar-refractivity contribution >= 4 is 38.9 Å². The molecule has 0 aliphatic carbocycles. The van der Waals surface area contributed by atoms with E-state index in [1.165, 1.54) is 4.31 Å². The lowest BCUT2D eigenvalue weighted by Crippen LogP contribution is -2.25. The minimum atomic E-state index is -3.25. The van der Waals surface area contributed by atoms with Gasteiger partial charge in [0.2, 0.25) is 10.0 Å². The van der Waals surface area contributed by atoms with Crippen molar-refractivity contribution in [2.24, 2.45) is 0 Å². The Hall–Kier alpha value is -2.90. The van der Waals surface area contributed by atoms with E-state index >= 15 is 0 Å². The average molecular weight is 442 g/mol. The fourth-order valence-electron chi connectivity index (χ4n) is 3.34. The number of sulfonamides is 1. The van der Waals surface area contributed by atoms with Gasteiger partial charge in [0.1, 0.15) is 0 Å². The molecule has 1 saturated heterocycles. The summed E-state index contributed by atoms with van der Waals surface area (Å²) in [7, 11) is -3.25. The molecular formula is C22H20ClN3O3S. The van der Waals surface area contributed by atoms with E-state index in [1.54, 1.807) is 48.7 Å².